The molecule has 0 fully saturated rings. The summed E-state index contributed by atoms with van der Waals surface area (Å²) in [6.07, 6.45) is 5.82. The molecule has 0 saturated heterocycles. The summed E-state index contributed by atoms with van der Waals surface area (Å²) in [6.45, 7) is 1.98. The minimum absolute atomic E-state index is 0.233. The molecule has 0 aromatic carbocycles. The minimum atomic E-state index is -4.82. The largest absolute Gasteiger partial charge is 0.475 e. The predicted molar refractivity (Wildman–Crippen MR) is 93.4 cm³/mol. The molecule has 25 heavy (non-hydrogen) atoms. The molecule has 0 amide bonds. The molecule has 10 heteroatoms. The monoisotopic (exact) mass is 389 g/mol. The highest BCUT2D eigenvalue weighted by Crippen LogP contribution is 2.36. The first kappa shape index (κ1) is 18.2. The summed E-state index contributed by atoms with van der Waals surface area (Å²) in [5, 5.41) is 0. The van der Waals surface area contributed by atoms with Crippen LogP contribution in [0.25, 0.3) is 0 Å². The van der Waals surface area contributed by atoms with Gasteiger partial charge in [-0.15, -0.1) is 11.8 Å². The van der Waals surface area contributed by atoms with Crippen LogP contribution in [-0.4, -0.2) is 39.7 Å². The quantitative estimate of drug-likeness (QED) is 0.805. The maximum atomic E-state index is 12.6. The van der Waals surface area contributed by atoms with Crippen LogP contribution >= 0.6 is 11.8 Å². The van der Waals surface area contributed by atoms with E-state index in [0.29, 0.717) is 5.57 Å². The predicted octanol–water partition coefficient (Wildman–Crippen LogP) is 2.77. The third-order valence-electron chi connectivity index (χ3n) is 3.47. The van der Waals surface area contributed by atoms with Crippen molar-refractivity contribution in [1.82, 2.24) is 0 Å². The molecule has 2 aliphatic heterocycles. The zero-order valence-electron chi connectivity index (χ0n) is 13.0. The molecule has 0 radical (unpaired) electrons. The van der Waals surface area contributed by atoms with Crippen LogP contribution in [0.15, 0.2) is 55.6 Å². The van der Waals surface area contributed by atoms with Crippen molar-refractivity contribution in [3.8, 4) is 0 Å². The second-order valence-corrected chi connectivity index (χ2v) is 7.90. The van der Waals surface area contributed by atoms with E-state index in [0.717, 1.165) is 22.8 Å². The van der Waals surface area contributed by atoms with Gasteiger partial charge in [0.25, 0.3) is 0 Å². The van der Waals surface area contributed by atoms with Gasteiger partial charge in [0.1, 0.15) is 6.17 Å². The van der Waals surface area contributed by atoms with Crippen molar-refractivity contribution in [1.29, 1.82) is 0 Å². The molecule has 3 unspecified atom stereocenters. The van der Waals surface area contributed by atoms with E-state index >= 15 is 0 Å². The first-order valence-electron chi connectivity index (χ1n) is 7.31. The Balaban J connectivity index is 1.96. The Morgan fingerprint density at radius 2 is 2.20 bits per heavy atom. The summed E-state index contributed by atoms with van der Waals surface area (Å²) < 4.78 is 55.1. The van der Waals surface area contributed by atoms with Gasteiger partial charge in [0.05, 0.1) is 11.3 Å². The van der Waals surface area contributed by atoms with Crippen molar-refractivity contribution in [3.63, 3.8) is 0 Å². The maximum Gasteiger partial charge on any atom is 0.475 e. The molecule has 3 aliphatic rings. The Morgan fingerprint density at radius 3 is 2.88 bits per heavy atom. The number of rotatable bonds is 3. The Bertz CT molecular complexity index is 794. The van der Waals surface area contributed by atoms with Gasteiger partial charge in [-0.05, 0) is 30.1 Å². The molecule has 3 rings (SSSR count). The van der Waals surface area contributed by atoms with E-state index in [1.54, 1.807) is 24.1 Å². The lowest BCUT2D eigenvalue weighted by Gasteiger charge is -2.19. The third kappa shape index (κ3) is 3.65. The number of hydrogen-bond acceptors (Lipinski definition) is 6. The zero-order chi connectivity index (χ0) is 18.2. The smallest absolute Gasteiger partial charge is 0.463 e. The fourth-order valence-corrected chi connectivity index (χ4v) is 3.94. The maximum absolute atomic E-state index is 12.6. The van der Waals surface area contributed by atoms with Crippen LogP contribution in [0.1, 0.15) is 6.92 Å². The Morgan fingerprint density at radius 1 is 1.44 bits per heavy atom. The molecule has 134 valence electrons. The summed E-state index contributed by atoms with van der Waals surface area (Å²) in [7, 11) is -3.11. The van der Waals surface area contributed by atoms with Crippen molar-refractivity contribution >= 4 is 34.5 Å². The number of aliphatic imine (C=N–C) groups is 2. The van der Waals surface area contributed by atoms with Gasteiger partial charge >= 0.3 is 5.51 Å². The average molecular weight is 389 g/mol. The van der Waals surface area contributed by atoms with Gasteiger partial charge in [-0.3, -0.25) is 4.99 Å². The SMILES string of the molecule is CCSC1=CC=NC(N)C1=C1N=C2C=C(S(=O)C(F)(F)F)C=CC2O1. The van der Waals surface area contributed by atoms with Crippen LogP contribution in [0.2, 0.25) is 0 Å². The van der Waals surface area contributed by atoms with Gasteiger partial charge in [0.2, 0.25) is 5.88 Å². The molecule has 0 aromatic heterocycles. The number of fused-ring (bicyclic) bond motifs is 1. The molecule has 2 heterocycles. The number of nitrogens with zero attached hydrogens (tertiary/aromatic N) is 2. The highest BCUT2D eigenvalue weighted by atomic mass is 32.2. The number of allylic oxidation sites excluding steroid dienone is 2. The van der Waals surface area contributed by atoms with Crippen LogP contribution < -0.4 is 5.73 Å². The topological polar surface area (TPSA) is 77.0 Å². The van der Waals surface area contributed by atoms with Gasteiger partial charge < -0.3 is 10.5 Å². The molecule has 1 aliphatic carbocycles. The van der Waals surface area contributed by atoms with Crippen LogP contribution in [0.4, 0.5) is 13.2 Å². The van der Waals surface area contributed by atoms with Gasteiger partial charge in [0, 0.05) is 16.0 Å². The van der Waals surface area contributed by atoms with E-state index in [1.807, 2.05) is 6.92 Å². The Kier molecular flexibility index (Phi) is 5.03. The fourth-order valence-electron chi connectivity index (χ4n) is 2.42. The Hall–Kier alpha value is -1.65. The molecular weight excluding hydrogens is 375 g/mol. The number of ether oxygens (including phenoxy) is 1. The zero-order valence-corrected chi connectivity index (χ0v) is 14.6. The number of dihydropyridines is 1. The second-order valence-electron chi connectivity index (χ2n) is 5.12. The Labute approximate surface area is 148 Å². The molecule has 0 aromatic rings. The highest BCUT2D eigenvalue weighted by Gasteiger charge is 2.40. The minimum Gasteiger partial charge on any atom is -0.463 e. The first-order chi connectivity index (χ1) is 11.8. The van der Waals surface area contributed by atoms with Gasteiger partial charge in [-0.2, -0.15) is 13.2 Å². The van der Waals surface area contributed by atoms with Crippen molar-refractivity contribution in [2.75, 3.05) is 5.75 Å². The van der Waals surface area contributed by atoms with Gasteiger partial charge in [0.15, 0.2) is 16.9 Å². The normalized spacial score (nSPS) is 29.6. The highest BCUT2D eigenvalue weighted by molar-refractivity contribution is 8.03. The van der Waals surface area contributed by atoms with E-state index in [1.165, 1.54) is 6.08 Å². The molecule has 0 saturated carbocycles. The third-order valence-corrected chi connectivity index (χ3v) is 5.53. The van der Waals surface area contributed by atoms with Crippen LogP contribution in [-0.2, 0) is 15.5 Å². The first-order valence-corrected chi connectivity index (χ1v) is 9.45. The molecule has 0 spiro atoms. The molecule has 3 atom stereocenters. The van der Waals surface area contributed by atoms with Gasteiger partial charge in [-0.25, -0.2) is 9.20 Å². The number of alkyl halides is 3. The number of hydrogen-bond donors (Lipinski definition) is 1. The van der Waals surface area contributed by atoms with E-state index in [9.17, 15) is 17.4 Å². The van der Waals surface area contributed by atoms with E-state index in [-0.39, 0.29) is 16.5 Å². The number of nitrogens with two attached hydrogens (primary N) is 1. The van der Waals surface area contributed by atoms with Crippen molar-refractivity contribution < 1.29 is 22.1 Å². The summed E-state index contributed by atoms with van der Waals surface area (Å²) >= 11 is 1.54. The van der Waals surface area contributed by atoms with E-state index in [2.05, 4.69) is 9.98 Å². The fraction of sp³-hybridized carbons (Fsp3) is 0.333. The van der Waals surface area contributed by atoms with E-state index < -0.39 is 28.6 Å². The lowest BCUT2D eigenvalue weighted by Crippen LogP contribution is -2.25. The van der Waals surface area contributed by atoms with Crippen molar-refractivity contribution in [2.24, 2.45) is 15.7 Å². The average Bonchev–Trinajstić information content (AvgIpc) is 2.96. The standard InChI is InChI=1S/C15H14F3N3O2S2/c1-2-24-11-5-6-20-13(19)12(11)14-21-9-7-8(3-4-10(9)23-14)25(22)15(16,17)18/h3-7,10,13H,2,19H2,1H3. The van der Waals surface area contributed by atoms with Crippen molar-refractivity contribution in [2.45, 2.75) is 24.7 Å². The summed E-state index contributed by atoms with van der Waals surface area (Å²) in [5.74, 6) is 1.04. The van der Waals surface area contributed by atoms with Crippen LogP contribution in [0, 0.1) is 0 Å². The molecule has 2 N–H and O–H groups in total. The second kappa shape index (κ2) is 6.93. The lowest BCUT2D eigenvalue weighted by molar-refractivity contribution is -0.0376. The summed E-state index contributed by atoms with van der Waals surface area (Å²) in [5.41, 5.74) is 2.05. The summed E-state index contributed by atoms with van der Waals surface area (Å²) in [4.78, 5) is 8.87. The molecule has 0 bridgehead atoms. The van der Waals surface area contributed by atoms with Crippen LogP contribution in [0.5, 0.6) is 0 Å². The lowest BCUT2D eigenvalue weighted by atomic mass is 10.1. The number of thioether (sulfide) groups is 1. The molecular formula is C15H14F3N3O2S2. The van der Waals surface area contributed by atoms with Crippen molar-refractivity contribution in [3.05, 3.63) is 45.6 Å². The van der Waals surface area contributed by atoms with E-state index in [4.69, 9.17) is 10.5 Å². The summed E-state index contributed by atoms with van der Waals surface area (Å²) in [6, 6.07) is 0. The van der Waals surface area contributed by atoms with Gasteiger partial charge in [-0.1, -0.05) is 6.92 Å². The number of halogens is 3. The van der Waals surface area contributed by atoms with Crippen LogP contribution in [0.3, 0.4) is 0 Å². The molecule has 5 nitrogen and oxygen atoms in total.